The van der Waals surface area contributed by atoms with Gasteiger partial charge < -0.3 is 15.5 Å². The summed E-state index contributed by atoms with van der Waals surface area (Å²) in [4.78, 5) is 42.2. The number of amidine groups is 1. The molecule has 138 valence electrons. The average molecular weight is 374 g/mol. The van der Waals surface area contributed by atoms with Crippen molar-refractivity contribution in [1.82, 2.24) is 10.2 Å². The lowest BCUT2D eigenvalue weighted by molar-refractivity contribution is -0.121. The third-order valence-corrected chi connectivity index (χ3v) is 5.60. The van der Waals surface area contributed by atoms with Crippen molar-refractivity contribution in [1.29, 1.82) is 0 Å². The maximum absolute atomic E-state index is 12.3. The maximum atomic E-state index is 12.3. The van der Waals surface area contributed by atoms with E-state index in [0.29, 0.717) is 11.3 Å². The van der Waals surface area contributed by atoms with Crippen molar-refractivity contribution in [3.05, 3.63) is 29.8 Å². The molecule has 2 heterocycles. The molecule has 1 saturated heterocycles. The highest BCUT2D eigenvalue weighted by Crippen LogP contribution is 2.29. The van der Waals surface area contributed by atoms with Gasteiger partial charge in [0, 0.05) is 37.8 Å². The highest BCUT2D eigenvalue weighted by molar-refractivity contribution is 8.15. The second-order valence-electron chi connectivity index (χ2n) is 6.30. The van der Waals surface area contributed by atoms with Crippen LogP contribution in [0.5, 0.6) is 0 Å². The standard InChI is InChI=1S/C18H22N4O3S/c1-19-16(24)12-5-7-13(8-6-12)20-15(23)11-14-17(25)21-18(26-14)22-9-3-2-4-10-22/h5-8,14H,2-4,9-11H2,1H3,(H,19,24)(H,20,23)/t14-/m0/s1. The number of carbonyl (C=O) groups excluding carboxylic acids is 3. The molecule has 0 bridgehead atoms. The van der Waals surface area contributed by atoms with Gasteiger partial charge in [0.25, 0.3) is 11.8 Å². The summed E-state index contributed by atoms with van der Waals surface area (Å²) in [5.41, 5.74) is 1.11. The van der Waals surface area contributed by atoms with Crippen LogP contribution in [0.2, 0.25) is 0 Å². The number of rotatable bonds is 4. The van der Waals surface area contributed by atoms with Gasteiger partial charge in [-0.2, -0.15) is 4.99 Å². The average Bonchev–Trinajstić information content (AvgIpc) is 3.03. The van der Waals surface area contributed by atoms with Gasteiger partial charge in [-0.05, 0) is 43.5 Å². The predicted molar refractivity (Wildman–Crippen MR) is 102 cm³/mol. The zero-order chi connectivity index (χ0) is 18.5. The smallest absolute Gasteiger partial charge is 0.262 e. The molecule has 1 aromatic rings. The Balaban J connectivity index is 1.52. The van der Waals surface area contributed by atoms with E-state index in [-0.39, 0.29) is 24.1 Å². The Morgan fingerprint density at radius 2 is 1.88 bits per heavy atom. The Labute approximate surface area is 156 Å². The van der Waals surface area contributed by atoms with Crippen molar-refractivity contribution in [3.63, 3.8) is 0 Å². The number of anilines is 1. The van der Waals surface area contributed by atoms with Gasteiger partial charge in [0.15, 0.2) is 5.17 Å². The second-order valence-corrected chi connectivity index (χ2v) is 7.47. The highest BCUT2D eigenvalue weighted by Gasteiger charge is 2.33. The number of piperidine rings is 1. The van der Waals surface area contributed by atoms with Crippen LogP contribution in [0.3, 0.4) is 0 Å². The van der Waals surface area contributed by atoms with Crippen molar-refractivity contribution < 1.29 is 14.4 Å². The normalized spacial score (nSPS) is 19.9. The number of hydrogen-bond acceptors (Lipinski definition) is 5. The van der Waals surface area contributed by atoms with E-state index in [1.807, 2.05) is 0 Å². The van der Waals surface area contributed by atoms with Crippen LogP contribution in [0.15, 0.2) is 29.3 Å². The molecule has 8 heteroatoms. The predicted octanol–water partition coefficient (Wildman–Crippen LogP) is 1.86. The Kier molecular flexibility index (Phi) is 5.92. The van der Waals surface area contributed by atoms with Crippen LogP contribution in [0.25, 0.3) is 0 Å². The van der Waals surface area contributed by atoms with Gasteiger partial charge in [-0.25, -0.2) is 0 Å². The summed E-state index contributed by atoms with van der Waals surface area (Å²) in [6.45, 7) is 1.85. The van der Waals surface area contributed by atoms with E-state index in [4.69, 9.17) is 0 Å². The van der Waals surface area contributed by atoms with Crippen molar-refractivity contribution in [2.45, 2.75) is 30.9 Å². The van der Waals surface area contributed by atoms with Crippen molar-refractivity contribution >= 4 is 40.3 Å². The zero-order valence-electron chi connectivity index (χ0n) is 14.7. The van der Waals surface area contributed by atoms with Crippen molar-refractivity contribution in [3.8, 4) is 0 Å². The molecule has 0 unspecified atom stereocenters. The van der Waals surface area contributed by atoms with Crippen LogP contribution < -0.4 is 10.6 Å². The van der Waals surface area contributed by atoms with Crippen LogP contribution in [0.4, 0.5) is 5.69 Å². The fourth-order valence-corrected chi connectivity index (χ4v) is 4.08. The number of aliphatic imine (C=N–C) groups is 1. The molecular weight excluding hydrogens is 352 g/mol. The molecule has 1 fully saturated rings. The minimum atomic E-state index is -0.461. The van der Waals surface area contributed by atoms with Gasteiger partial charge >= 0.3 is 0 Å². The van der Waals surface area contributed by atoms with Crippen LogP contribution in [0, 0.1) is 0 Å². The maximum Gasteiger partial charge on any atom is 0.262 e. The quantitative estimate of drug-likeness (QED) is 0.839. The largest absolute Gasteiger partial charge is 0.355 e. The Morgan fingerprint density at radius 1 is 1.19 bits per heavy atom. The van der Waals surface area contributed by atoms with Gasteiger partial charge in [0.05, 0.1) is 0 Å². The molecule has 0 spiro atoms. The zero-order valence-corrected chi connectivity index (χ0v) is 15.5. The lowest BCUT2D eigenvalue weighted by Gasteiger charge is -2.27. The molecule has 2 aliphatic heterocycles. The van der Waals surface area contributed by atoms with Gasteiger partial charge in [-0.3, -0.25) is 14.4 Å². The molecule has 2 N–H and O–H groups in total. The fourth-order valence-electron chi connectivity index (χ4n) is 2.96. The number of nitrogens with zero attached hydrogens (tertiary/aromatic N) is 2. The van der Waals surface area contributed by atoms with E-state index in [1.165, 1.54) is 18.2 Å². The summed E-state index contributed by atoms with van der Waals surface area (Å²) in [7, 11) is 1.56. The summed E-state index contributed by atoms with van der Waals surface area (Å²) >= 11 is 1.39. The van der Waals surface area contributed by atoms with Crippen LogP contribution in [-0.2, 0) is 9.59 Å². The third kappa shape index (κ3) is 4.43. The van der Waals surface area contributed by atoms with E-state index in [2.05, 4.69) is 20.5 Å². The van der Waals surface area contributed by atoms with Gasteiger partial charge in [-0.1, -0.05) is 11.8 Å². The van der Waals surface area contributed by atoms with Gasteiger partial charge in [-0.15, -0.1) is 0 Å². The van der Waals surface area contributed by atoms with E-state index in [0.717, 1.165) is 31.1 Å². The summed E-state index contributed by atoms with van der Waals surface area (Å²) in [5.74, 6) is -0.655. The molecule has 1 atom stereocenters. The number of likely N-dealkylation sites (tertiary alicyclic amines) is 1. The molecule has 0 aromatic heterocycles. The lowest BCUT2D eigenvalue weighted by atomic mass is 10.1. The fraction of sp³-hybridized carbons (Fsp3) is 0.444. The third-order valence-electron chi connectivity index (χ3n) is 4.38. The Bertz CT molecular complexity index is 726. The molecule has 0 radical (unpaired) electrons. The molecular formula is C18H22N4O3S. The van der Waals surface area contributed by atoms with Crippen molar-refractivity contribution in [2.75, 3.05) is 25.5 Å². The summed E-state index contributed by atoms with van der Waals surface area (Å²) in [5, 5.41) is 5.60. The monoisotopic (exact) mass is 374 g/mol. The number of hydrogen-bond donors (Lipinski definition) is 2. The number of carbonyl (C=O) groups is 3. The Hall–Kier alpha value is -2.35. The number of thioether (sulfide) groups is 1. The highest BCUT2D eigenvalue weighted by atomic mass is 32.2. The van der Waals surface area contributed by atoms with Crippen LogP contribution >= 0.6 is 11.8 Å². The molecule has 3 rings (SSSR count). The molecule has 0 aliphatic carbocycles. The second kappa shape index (κ2) is 8.35. The molecule has 7 nitrogen and oxygen atoms in total. The molecule has 26 heavy (non-hydrogen) atoms. The topological polar surface area (TPSA) is 90.9 Å². The van der Waals surface area contributed by atoms with Gasteiger partial charge in [0.1, 0.15) is 5.25 Å². The molecule has 2 aliphatic rings. The summed E-state index contributed by atoms with van der Waals surface area (Å²) < 4.78 is 0. The van der Waals surface area contributed by atoms with E-state index >= 15 is 0 Å². The summed E-state index contributed by atoms with van der Waals surface area (Å²) in [6.07, 6.45) is 3.53. The Morgan fingerprint density at radius 3 is 2.54 bits per heavy atom. The molecule has 1 aromatic carbocycles. The first-order valence-electron chi connectivity index (χ1n) is 8.73. The first kappa shape index (κ1) is 18.4. The van der Waals surface area contributed by atoms with E-state index in [1.54, 1.807) is 31.3 Å². The van der Waals surface area contributed by atoms with Gasteiger partial charge in [0.2, 0.25) is 5.91 Å². The number of benzene rings is 1. The van der Waals surface area contributed by atoms with Crippen molar-refractivity contribution in [2.24, 2.45) is 4.99 Å². The lowest BCUT2D eigenvalue weighted by Crippen LogP contribution is -2.33. The minimum Gasteiger partial charge on any atom is -0.355 e. The first-order chi connectivity index (χ1) is 12.6. The van der Waals surface area contributed by atoms with E-state index < -0.39 is 5.25 Å². The van der Waals surface area contributed by atoms with Crippen LogP contribution in [-0.4, -0.2) is 53.2 Å². The number of amides is 3. The first-order valence-corrected chi connectivity index (χ1v) is 9.61. The number of nitrogens with one attached hydrogen (secondary N) is 2. The summed E-state index contributed by atoms with van der Waals surface area (Å²) in [6, 6.07) is 6.62. The minimum absolute atomic E-state index is 0.0849. The molecule has 3 amide bonds. The van der Waals surface area contributed by atoms with E-state index in [9.17, 15) is 14.4 Å². The SMILES string of the molecule is CNC(=O)c1ccc(NC(=O)C[C@@H]2SC(N3CCCCC3)=NC2=O)cc1. The van der Waals surface area contributed by atoms with Crippen LogP contribution in [0.1, 0.15) is 36.0 Å². The molecule has 0 saturated carbocycles.